The van der Waals surface area contributed by atoms with Crippen LogP contribution in [-0.4, -0.2) is 55.1 Å². The first kappa shape index (κ1) is 15.2. The van der Waals surface area contributed by atoms with E-state index < -0.39 is 0 Å². The number of rotatable bonds is 3. The molecule has 1 aromatic rings. The van der Waals surface area contributed by atoms with Gasteiger partial charge in [0.2, 0.25) is 0 Å². The Hall–Kier alpha value is -1.30. The monoisotopic (exact) mass is 319 g/mol. The molecule has 23 heavy (non-hydrogen) atoms. The summed E-state index contributed by atoms with van der Waals surface area (Å²) in [6.07, 6.45) is 2.95. The molecule has 0 bridgehead atoms. The summed E-state index contributed by atoms with van der Waals surface area (Å²) in [7, 11) is 0. The minimum atomic E-state index is -0.187. The fourth-order valence-corrected chi connectivity index (χ4v) is 4.14. The molecule has 1 saturated carbocycles. The van der Waals surface area contributed by atoms with E-state index in [0.717, 1.165) is 50.5 Å². The second-order valence-corrected chi connectivity index (χ2v) is 6.72. The van der Waals surface area contributed by atoms with Crippen molar-refractivity contribution in [3.63, 3.8) is 0 Å². The van der Waals surface area contributed by atoms with Gasteiger partial charge >= 0.3 is 0 Å². The molecule has 3 aliphatic rings. The van der Waals surface area contributed by atoms with Crippen molar-refractivity contribution in [3.8, 4) is 11.5 Å². The van der Waals surface area contributed by atoms with Crippen LogP contribution in [0, 0.1) is 5.92 Å². The quantitative estimate of drug-likeness (QED) is 0.921. The van der Waals surface area contributed by atoms with Crippen molar-refractivity contribution in [2.24, 2.45) is 5.92 Å². The summed E-state index contributed by atoms with van der Waals surface area (Å²) in [6, 6.07) is 6.41. The predicted octanol–water partition coefficient (Wildman–Crippen LogP) is 1.82. The number of fused-ring (bicyclic) bond motifs is 1. The standard InChI is InChI=1S/C18H25NO4/c20-16-5-2-4-14(16)15-12-21-8-7-19(15)11-13-3-1-6-17-18(13)23-10-9-22-17/h1,3,6,14-16,20H,2,4-5,7-12H2/t14-,15+,16+/m0/s1. The second kappa shape index (κ2) is 6.67. The molecule has 0 amide bonds. The molecular formula is C18H25NO4. The number of morpholine rings is 1. The minimum Gasteiger partial charge on any atom is -0.486 e. The molecule has 2 heterocycles. The number of aliphatic hydroxyl groups is 1. The molecule has 2 fully saturated rings. The van der Waals surface area contributed by atoms with E-state index in [0.29, 0.717) is 31.8 Å². The van der Waals surface area contributed by atoms with Gasteiger partial charge in [0.15, 0.2) is 11.5 Å². The number of benzene rings is 1. The number of hydrogen-bond acceptors (Lipinski definition) is 5. The smallest absolute Gasteiger partial charge is 0.165 e. The van der Waals surface area contributed by atoms with Crippen LogP contribution < -0.4 is 9.47 Å². The van der Waals surface area contributed by atoms with E-state index >= 15 is 0 Å². The average Bonchev–Trinajstić information content (AvgIpc) is 3.02. The molecule has 1 N–H and O–H groups in total. The topological polar surface area (TPSA) is 51.2 Å². The van der Waals surface area contributed by atoms with Gasteiger partial charge in [0, 0.05) is 30.6 Å². The van der Waals surface area contributed by atoms with Gasteiger partial charge in [0.25, 0.3) is 0 Å². The van der Waals surface area contributed by atoms with Gasteiger partial charge in [-0.2, -0.15) is 0 Å². The summed E-state index contributed by atoms with van der Waals surface area (Å²) in [5.74, 6) is 2.06. The second-order valence-electron chi connectivity index (χ2n) is 6.72. The maximum atomic E-state index is 10.3. The lowest BCUT2D eigenvalue weighted by Crippen LogP contribution is -2.50. The van der Waals surface area contributed by atoms with Crippen molar-refractivity contribution < 1.29 is 19.3 Å². The third-order valence-electron chi connectivity index (χ3n) is 5.33. The molecule has 0 unspecified atom stereocenters. The van der Waals surface area contributed by atoms with Crippen molar-refractivity contribution in [1.29, 1.82) is 0 Å². The summed E-state index contributed by atoms with van der Waals surface area (Å²) in [5.41, 5.74) is 1.17. The van der Waals surface area contributed by atoms with E-state index in [1.165, 1.54) is 5.56 Å². The first-order chi connectivity index (χ1) is 11.3. The number of nitrogens with zero attached hydrogens (tertiary/aromatic N) is 1. The molecule has 3 atom stereocenters. The van der Waals surface area contributed by atoms with Crippen molar-refractivity contribution >= 4 is 0 Å². The van der Waals surface area contributed by atoms with Crippen LogP contribution in [0.3, 0.4) is 0 Å². The van der Waals surface area contributed by atoms with Crippen molar-refractivity contribution in [2.75, 3.05) is 33.0 Å². The van der Waals surface area contributed by atoms with E-state index in [-0.39, 0.29) is 6.10 Å². The Morgan fingerprint density at radius 1 is 1.13 bits per heavy atom. The Bertz CT molecular complexity index is 550. The number of hydrogen-bond donors (Lipinski definition) is 1. The molecule has 5 heteroatoms. The zero-order valence-electron chi connectivity index (χ0n) is 13.4. The van der Waals surface area contributed by atoms with Crippen LogP contribution in [0.15, 0.2) is 18.2 Å². The molecule has 4 rings (SSSR count). The molecule has 126 valence electrons. The van der Waals surface area contributed by atoms with Gasteiger partial charge in [-0.1, -0.05) is 18.6 Å². The highest BCUT2D eigenvalue weighted by Gasteiger charge is 2.37. The highest BCUT2D eigenvalue weighted by Crippen LogP contribution is 2.37. The van der Waals surface area contributed by atoms with Crippen molar-refractivity contribution in [3.05, 3.63) is 23.8 Å². The summed E-state index contributed by atoms with van der Waals surface area (Å²) >= 11 is 0. The first-order valence-electron chi connectivity index (χ1n) is 8.70. The van der Waals surface area contributed by atoms with Crippen LogP contribution in [0.25, 0.3) is 0 Å². The van der Waals surface area contributed by atoms with Crippen molar-refractivity contribution in [2.45, 2.75) is 38.0 Å². The predicted molar refractivity (Wildman–Crippen MR) is 85.8 cm³/mol. The fraction of sp³-hybridized carbons (Fsp3) is 0.667. The Morgan fingerprint density at radius 3 is 2.91 bits per heavy atom. The number of ether oxygens (including phenoxy) is 3. The van der Waals surface area contributed by atoms with Crippen molar-refractivity contribution in [1.82, 2.24) is 4.90 Å². The van der Waals surface area contributed by atoms with E-state index in [9.17, 15) is 5.11 Å². The molecule has 1 aliphatic carbocycles. The Labute approximate surface area is 137 Å². The van der Waals surface area contributed by atoms with Crippen LogP contribution >= 0.6 is 0 Å². The Balaban J connectivity index is 1.54. The van der Waals surface area contributed by atoms with Crippen LogP contribution in [0.1, 0.15) is 24.8 Å². The maximum Gasteiger partial charge on any atom is 0.165 e. The van der Waals surface area contributed by atoms with Gasteiger partial charge in [-0.05, 0) is 18.9 Å². The highest BCUT2D eigenvalue weighted by molar-refractivity contribution is 5.47. The lowest BCUT2D eigenvalue weighted by Gasteiger charge is -2.40. The minimum absolute atomic E-state index is 0.187. The van der Waals surface area contributed by atoms with E-state index in [4.69, 9.17) is 14.2 Å². The number of aliphatic hydroxyl groups excluding tert-OH is 1. The van der Waals surface area contributed by atoms with Crippen LogP contribution in [-0.2, 0) is 11.3 Å². The van der Waals surface area contributed by atoms with E-state index in [1.54, 1.807) is 0 Å². The normalized spacial score (nSPS) is 31.3. The Kier molecular flexibility index (Phi) is 4.42. The molecule has 0 aromatic heterocycles. The molecule has 5 nitrogen and oxygen atoms in total. The largest absolute Gasteiger partial charge is 0.486 e. The van der Waals surface area contributed by atoms with Gasteiger partial charge in [-0.3, -0.25) is 4.90 Å². The summed E-state index contributed by atoms with van der Waals surface area (Å²) < 4.78 is 17.2. The molecule has 0 spiro atoms. The van der Waals surface area contributed by atoms with Gasteiger partial charge in [-0.25, -0.2) is 0 Å². The van der Waals surface area contributed by atoms with Gasteiger partial charge in [0.1, 0.15) is 13.2 Å². The van der Waals surface area contributed by atoms with Crippen LogP contribution in [0.5, 0.6) is 11.5 Å². The lowest BCUT2D eigenvalue weighted by molar-refractivity contribution is -0.0539. The molecule has 1 saturated heterocycles. The molecule has 2 aliphatic heterocycles. The summed E-state index contributed by atoms with van der Waals surface area (Å²) in [6.45, 7) is 4.42. The van der Waals surface area contributed by atoms with Gasteiger partial charge in [-0.15, -0.1) is 0 Å². The van der Waals surface area contributed by atoms with Gasteiger partial charge < -0.3 is 19.3 Å². The van der Waals surface area contributed by atoms with E-state index in [1.807, 2.05) is 12.1 Å². The highest BCUT2D eigenvalue weighted by atomic mass is 16.6. The van der Waals surface area contributed by atoms with Crippen LogP contribution in [0.2, 0.25) is 0 Å². The summed E-state index contributed by atoms with van der Waals surface area (Å²) in [4.78, 5) is 2.45. The maximum absolute atomic E-state index is 10.3. The van der Waals surface area contributed by atoms with E-state index in [2.05, 4.69) is 11.0 Å². The Morgan fingerprint density at radius 2 is 2.04 bits per heavy atom. The third-order valence-corrected chi connectivity index (χ3v) is 5.33. The summed E-state index contributed by atoms with van der Waals surface area (Å²) in [5, 5.41) is 10.3. The fourth-order valence-electron chi connectivity index (χ4n) is 4.14. The average molecular weight is 319 g/mol. The molecule has 0 radical (unpaired) electrons. The SMILES string of the molecule is O[C@@H]1CCC[C@H]1[C@H]1COCCN1Cc1cccc2c1OCCO2. The zero-order chi connectivity index (χ0) is 15.6. The number of para-hydroxylation sites is 1. The third kappa shape index (κ3) is 3.05. The first-order valence-corrected chi connectivity index (χ1v) is 8.70. The zero-order valence-corrected chi connectivity index (χ0v) is 13.4. The lowest BCUT2D eigenvalue weighted by atomic mass is 9.94. The molecular weight excluding hydrogens is 294 g/mol. The van der Waals surface area contributed by atoms with Gasteiger partial charge in [0.05, 0.1) is 19.3 Å². The van der Waals surface area contributed by atoms with Crippen LogP contribution in [0.4, 0.5) is 0 Å². The molecule has 1 aromatic carbocycles.